The Labute approximate surface area is 141 Å². The van der Waals surface area contributed by atoms with Gasteiger partial charge in [0.15, 0.2) is 11.5 Å². The molecule has 0 unspecified atom stereocenters. The number of ether oxygens (including phenoxy) is 3. The third kappa shape index (κ3) is 3.56. The van der Waals surface area contributed by atoms with Gasteiger partial charge in [-0.15, -0.1) is 0 Å². The first-order valence-corrected chi connectivity index (χ1v) is 7.36. The zero-order chi connectivity index (χ0) is 17.0. The normalized spacial score (nSPS) is 10.1. The van der Waals surface area contributed by atoms with Gasteiger partial charge in [0.1, 0.15) is 5.82 Å². The smallest absolute Gasteiger partial charge is 0.257 e. The first kappa shape index (κ1) is 17.1. The van der Waals surface area contributed by atoms with Crippen LogP contribution >= 0.6 is 15.9 Å². The summed E-state index contributed by atoms with van der Waals surface area (Å²) in [5.41, 5.74) is 0.611. The average Bonchev–Trinajstić information content (AvgIpc) is 2.54. The van der Waals surface area contributed by atoms with E-state index in [9.17, 15) is 9.18 Å². The molecule has 0 aliphatic heterocycles. The number of halogens is 2. The first-order chi connectivity index (χ1) is 11.0. The quantitative estimate of drug-likeness (QED) is 0.851. The van der Waals surface area contributed by atoms with Gasteiger partial charge in [-0.05, 0) is 40.2 Å². The minimum absolute atomic E-state index is 0.267. The van der Waals surface area contributed by atoms with Crippen LogP contribution in [0.2, 0.25) is 0 Å². The Hall–Kier alpha value is -2.28. The van der Waals surface area contributed by atoms with Crippen LogP contribution in [0.3, 0.4) is 0 Å². The van der Waals surface area contributed by atoms with Gasteiger partial charge in [0.05, 0.1) is 31.4 Å². The van der Waals surface area contributed by atoms with Crippen molar-refractivity contribution in [3.05, 3.63) is 46.2 Å². The van der Waals surface area contributed by atoms with E-state index in [2.05, 4.69) is 21.2 Å². The highest BCUT2D eigenvalue weighted by molar-refractivity contribution is 9.10. The number of hydrogen-bond acceptors (Lipinski definition) is 4. The highest BCUT2D eigenvalue weighted by atomic mass is 79.9. The lowest BCUT2D eigenvalue weighted by molar-refractivity contribution is 0.102. The molecule has 2 aromatic carbocycles. The van der Waals surface area contributed by atoms with Crippen molar-refractivity contribution < 1.29 is 23.4 Å². The molecule has 122 valence electrons. The maximum Gasteiger partial charge on any atom is 0.257 e. The van der Waals surface area contributed by atoms with Gasteiger partial charge in [-0.1, -0.05) is 6.07 Å². The molecule has 1 N–H and O–H groups in total. The van der Waals surface area contributed by atoms with Crippen molar-refractivity contribution in [3.8, 4) is 17.2 Å². The second kappa shape index (κ2) is 7.32. The maximum absolute atomic E-state index is 13.2. The van der Waals surface area contributed by atoms with E-state index in [1.165, 1.54) is 45.6 Å². The van der Waals surface area contributed by atoms with Crippen LogP contribution in [0.5, 0.6) is 17.2 Å². The summed E-state index contributed by atoms with van der Waals surface area (Å²) in [7, 11) is 4.38. The van der Waals surface area contributed by atoms with Gasteiger partial charge in [0, 0.05) is 5.69 Å². The molecular weight excluding hydrogens is 369 g/mol. The Kier molecular flexibility index (Phi) is 5.44. The number of carbonyl (C=O) groups is 1. The molecule has 0 saturated carbocycles. The summed E-state index contributed by atoms with van der Waals surface area (Å²) in [6.07, 6.45) is 0. The van der Waals surface area contributed by atoms with E-state index < -0.39 is 11.7 Å². The molecule has 1 amide bonds. The van der Waals surface area contributed by atoms with Gasteiger partial charge in [-0.2, -0.15) is 0 Å². The lowest BCUT2D eigenvalue weighted by atomic mass is 10.1. The Bertz CT molecular complexity index is 736. The lowest BCUT2D eigenvalue weighted by Crippen LogP contribution is -2.14. The minimum atomic E-state index is -0.443. The third-order valence-electron chi connectivity index (χ3n) is 3.10. The summed E-state index contributed by atoms with van der Waals surface area (Å²) in [5, 5.41) is 2.62. The Morgan fingerprint density at radius 2 is 1.78 bits per heavy atom. The van der Waals surface area contributed by atoms with Crippen molar-refractivity contribution >= 4 is 27.5 Å². The molecule has 0 heterocycles. The predicted octanol–water partition coefficient (Wildman–Crippen LogP) is 3.87. The van der Waals surface area contributed by atoms with Gasteiger partial charge < -0.3 is 19.5 Å². The molecule has 2 rings (SSSR count). The molecule has 0 atom stereocenters. The lowest BCUT2D eigenvalue weighted by Gasteiger charge is -2.16. The van der Waals surface area contributed by atoms with E-state index in [4.69, 9.17) is 14.2 Å². The fourth-order valence-electron chi connectivity index (χ4n) is 2.05. The van der Waals surface area contributed by atoms with Crippen molar-refractivity contribution in [2.24, 2.45) is 0 Å². The van der Waals surface area contributed by atoms with Crippen molar-refractivity contribution in [3.63, 3.8) is 0 Å². The number of nitrogens with one attached hydrogen (secondary N) is 1. The van der Waals surface area contributed by atoms with Crippen LogP contribution in [0.1, 0.15) is 10.4 Å². The van der Waals surface area contributed by atoms with Crippen LogP contribution in [0.25, 0.3) is 0 Å². The Morgan fingerprint density at radius 1 is 1.09 bits per heavy atom. The molecule has 0 aromatic heterocycles. The number of benzene rings is 2. The second-order valence-electron chi connectivity index (χ2n) is 4.47. The topological polar surface area (TPSA) is 56.8 Å². The van der Waals surface area contributed by atoms with Crippen LogP contribution in [0, 0.1) is 5.82 Å². The Morgan fingerprint density at radius 3 is 2.35 bits per heavy atom. The van der Waals surface area contributed by atoms with Crippen molar-refractivity contribution in [1.29, 1.82) is 0 Å². The molecule has 7 heteroatoms. The monoisotopic (exact) mass is 383 g/mol. The minimum Gasteiger partial charge on any atom is -0.493 e. The third-order valence-corrected chi connectivity index (χ3v) is 3.88. The molecule has 0 aliphatic carbocycles. The highest BCUT2D eigenvalue weighted by Crippen LogP contribution is 2.44. The predicted molar refractivity (Wildman–Crippen MR) is 88.2 cm³/mol. The van der Waals surface area contributed by atoms with Crippen LogP contribution < -0.4 is 19.5 Å². The maximum atomic E-state index is 13.2. The van der Waals surface area contributed by atoms with Crippen LogP contribution in [-0.2, 0) is 0 Å². The van der Waals surface area contributed by atoms with Gasteiger partial charge in [-0.25, -0.2) is 4.39 Å². The molecule has 5 nitrogen and oxygen atoms in total. The van der Waals surface area contributed by atoms with Crippen LogP contribution in [-0.4, -0.2) is 27.2 Å². The number of amides is 1. The van der Waals surface area contributed by atoms with Gasteiger partial charge in [0.25, 0.3) is 5.91 Å². The molecule has 0 spiro atoms. The fourth-order valence-corrected chi connectivity index (χ4v) is 2.69. The summed E-state index contributed by atoms with van der Waals surface area (Å²) in [4.78, 5) is 12.5. The largest absolute Gasteiger partial charge is 0.493 e. The number of methoxy groups -OCH3 is 3. The number of rotatable bonds is 5. The zero-order valence-corrected chi connectivity index (χ0v) is 14.4. The molecule has 23 heavy (non-hydrogen) atoms. The Balaban J connectivity index is 2.44. The number of hydrogen-bond donors (Lipinski definition) is 1. The molecule has 2 aromatic rings. The number of carbonyl (C=O) groups excluding carboxylic acids is 1. The summed E-state index contributed by atoms with van der Waals surface area (Å²) >= 11 is 3.33. The number of anilines is 1. The summed E-state index contributed by atoms with van der Waals surface area (Å²) < 4.78 is 29.4. The molecule has 0 saturated heterocycles. The zero-order valence-electron chi connectivity index (χ0n) is 12.8. The van der Waals surface area contributed by atoms with Crippen molar-refractivity contribution in [2.45, 2.75) is 0 Å². The standard InChI is InChI=1S/C16H15BrFNO4/c1-21-12-8-11(13(17)15(23-3)14(12)22-2)16(20)19-10-6-4-5-9(18)7-10/h4-8H,1-3H3,(H,19,20). The van der Waals surface area contributed by atoms with Crippen molar-refractivity contribution in [2.75, 3.05) is 26.6 Å². The van der Waals surface area contributed by atoms with Crippen LogP contribution in [0.4, 0.5) is 10.1 Å². The van der Waals surface area contributed by atoms with Crippen LogP contribution in [0.15, 0.2) is 34.8 Å². The van der Waals surface area contributed by atoms with E-state index in [1.807, 2.05) is 0 Å². The molecule has 0 bridgehead atoms. The first-order valence-electron chi connectivity index (χ1n) is 6.57. The molecule has 0 fully saturated rings. The van der Waals surface area contributed by atoms with E-state index in [0.29, 0.717) is 27.4 Å². The average molecular weight is 384 g/mol. The van der Waals surface area contributed by atoms with Gasteiger partial charge in [0.2, 0.25) is 5.75 Å². The van der Waals surface area contributed by atoms with E-state index in [1.54, 1.807) is 6.07 Å². The van der Waals surface area contributed by atoms with E-state index >= 15 is 0 Å². The highest BCUT2D eigenvalue weighted by Gasteiger charge is 2.22. The SMILES string of the molecule is COc1cc(C(=O)Nc2cccc(F)c2)c(Br)c(OC)c1OC. The summed E-state index contributed by atoms with van der Waals surface area (Å²) in [6, 6.07) is 7.14. The van der Waals surface area contributed by atoms with Gasteiger partial charge in [-0.3, -0.25) is 4.79 Å². The van der Waals surface area contributed by atoms with Crippen molar-refractivity contribution in [1.82, 2.24) is 0 Å². The molecule has 0 radical (unpaired) electrons. The molecule has 0 aliphatic rings. The van der Waals surface area contributed by atoms with E-state index in [-0.39, 0.29) is 5.56 Å². The summed E-state index contributed by atoms with van der Waals surface area (Å²) in [6.45, 7) is 0. The molecular formula is C16H15BrFNO4. The second-order valence-corrected chi connectivity index (χ2v) is 5.26. The fraction of sp³-hybridized carbons (Fsp3) is 0.188. The summed E-state index contributed by atoms with van der Waals surface area (Å²) in [5.74, 6) is 0.158. The van der Waals surface area contributed by atoms with Gasteiger partial charge >= 0.3 is 0 Å². The van der Waals surface area contributed by atoms with E-state index in [0.717, 1.165) is 0 Å².